The van der Waals surface area contributed by atoms with Crippen LogP contribution in [0.2, 0.25) is 0 Å². The molecule has 38 heavy (non-hydrogen) atoms. The molecule has 0 bridgehead atoms. The number of ether oxygens (including phenoxy) is 1. The second-order valence-electron chi connectivity index (χ2n) is 11.3. The molecular formula is C31H47N3O4. The van der Waals surface area contributed by atoms with Gasteiger partial charge in [-0.25, -0.2) is 4.79 Å². The van der Waals surface area contributed by atoms with Gasteiger partial charge in [0.1, 0.15) is 17.7 Å². The van der Waals surface area contributed by atoms with Crippen LogP contribution in [-0.2, 0) is 14.3 Å². The van der Waals surface area contributed by atoms with E-state index in [1.807, 2.05) is 12.1 Å². The lowest BCUT2D eigenvalue weighted by Crippen LogP contribution is -2.53. The predicted octanol–water partition coefficient (Wildman–Crippen LogP) is 5.87. The van der Waals surface area contributed by atoms with Crippen molar-refractivity contribution < 1.29 is 19.1 Å². The number of hydrogen-bond acceptors (Lipinski definition) is 4. The van der Waals surface area contributed by atoms with Crippen LogP contribution in [0, 0.1) is 12.3 Å². The number of amides is 3. The largest absolute Gasteiger partial charge is 0.444 e. The summed E-state index contributed by atoms with van der Waals surface area (Å²) in [6, 6.07) is 5.64. The molecule has 3 amide bonds. The van der Waals surface area contributed by atoms with E-state index in [1.165, 1.54) is 6.42 Å². The highest BCUT2D eigenvalue weighted by Crippen LogP contribution is 2.26. The summed E-state index contributed by atoms with van der Waals surface area (Å²) in [6.07, 6.45) is 15.2. The molecule has 0 heterocycles. The molecule has 0 aromatic heterocycles. The fraction of sp³-hybridized carbons (Fsp3) is 0.645. The molecule has 7 heteroatoms. The normalized spacial score (nSPS) is 15.6. The maximum atomic E-state index is 13.8. The Bertz CT molecular complexity index is 939. The molecule has 1 aliphatic carbocycles. The summed E-state index contributed by atoms with van der Waals surface area (Å²) in [7, 11) is 0. The first-order valence-corrected chi connectivity index (χ1v) is 14.2. The van der Waals surface area contributed by atoms with Crippen molar-refractivity contribution in [2.24, 2.45) is 0 Å². The molecule has 1 aromatic carbocycles. The smallest absolute Gasteiger partial charge is 0.408 e. The molecule has 1 saturated carbocycles. The molecule has 0 spiro atoms. The Hall–Kier alpha value is -3.01. The number of hydrogen-bond donors (Lipinski definition) is 2. The number of nitrogens with zero attached hydrogens (tertiary/aromatic N) is 1. The highest BCUT2D eigenvalue weighted by molar-refractivity contribution is 5.92. The van der Waals surface area contributed by atoms with Gasteiger partial charge in [0.15, 0.2) is 0 Å². The zero-order chi connectivity index (χ0) is 28.1. The summed E-state index contributed by atoms with van der Waals surface area (Å²) in [5, 5.41) is 5.88. The summed E-state index contributed by atoms with van der Waals surface area (Å²) in [6.45, 7) is 9.51. The summed E-state index contributed by atoms with van der Waals surface area (Å²) in [4.78, 5) is 41.7. The van der Waals surface area contributed by atoms with Crippen molar-refractivity contribution in [3.8, 4) is 12.3 Å². The molecule has 2 N–H and O–H groups in total. The predicted molar refractivity (Wildman–Crippen MR) is 151 cm³/mol. The molecule has 1 fully saturated rings. The van der Waals surface area contributed by atoms with Crippen molar-refractivity contribution in [3.05, 3.63) is 35.4 Å². The number of carbonyl (C=O) groups excluding carboxylic acids is 3. The third kappa shape index (κ3) is 10.4. The molecule has 0 radical (unpaired) electrons. The van der Waals surface area contributed by atoms with Crippen molar-refractivity contribution in [1.82, 2.24) is 15.5 Å². The second kappa shape index (κ2) is 15.4. The van der Waals surface area contributed by atoms with Gasteiger partial charge in [-0.15, -0.1) is 6.42 Å². The quantitative estimate of drug-likeness (QED) is 0.264. The first-order valence-electron chi connectivity index (χ1n) is 14.2. The monoisotopic (exact) mass is 525 g/mol. The van der Waals surface area contributed by atoms with Gasteiger partial charge in [0.25, 0.3) is 0 Å². The number of alkyl carbamates (subject to hydrolysis) is 1. The Labute approximate surface area is 229 Å². The summed E-state index contributed by atoms with van der Waals surface area (Å²) in [5.41, 5.74) is 0.716. The highest BCUT2D eigenvalue weighted by atomic mass is 16.6. The Morgan fingerprint density at radius 3 is 2.26 bits per heavy atom. The third-order valence-electron chi connectivity index (χ3n) is 6.79. The van der Waals surface area contributed by atoms with E-state index in [-0.39, 0.29) is 17.9 Å². The van der Waals surface area contributed by atoms with E-state index < -0.39 is 23.8 Å². The summed E-state index contributed by atoms with van der Waals surface area (Å²) < 4.78 is 5.36. The van der Waals surface area contributed by atoms with Gasteiger partial charge in [-0.05, 0) is 64.7 Å². The molecule has 1 aliphatic rings. The number of unbranched alkanes of at least 4 members (excludes halogenated alkanes) is 4. The van der Waals surface area contributed by atoms with Crippen molar-refractivity contribution in [1.29, 1.82) is 0 Å². The van der Waals surface area contributed by atoms with Crippen molar-refractivity contribution in [3.63, 3.8) is 0 Å². The van der Waals surface area contributed by atoms with Gasteiger partial charge in [-0.1, -0.05) is 69.9 Å². The first kappa shape index (κ1) is 31.2. The molecule has 2 atom stereocenters. The van der Waals surface area contributed by atoms with Crippen LogP contribution in [0.5, 0.6) is 0 Å². The fourth-order valence-corrected chi connectivity index (χ4v) is 4.81. The molecule has 0 saturated heterocycles. The van der Waals surface area contributed by atoms with Gasteiger partial charge in [0, 0.05) is 18.2 Å². The average Bonchev–Trinajstić information content (AvgIpc) is 2.87. The maximum Gasteiger partial charge on any atom is 0.408 e. The third-order valence-corrected chi connectivity index (χ3v) is 6.79. The molecule has 1 aromatic rings. The number of carbonyl (C=O) groups is 3. The Kier molecular flexibility index (Phi) is 12.7. The number of benzene rings is 1. The summed E-state index contributed by atoms with van der Waals surface area (Å²) >= 11 is 0. The topological polar surface area (TPSA) is 87.7 Å². The van der Waals surface area contributed by atoms with Crippen LogP contribution in [0.25, 0.3) is 0 Å². The lowest BCUT2D eigenvalue weighted by Gasteiger charge is -2.35. The van der Waals surface area contributed by atoms with E-state index >= 15 is 0 Å². The van der Waals surface area contributed by atoms with Crippen molar-refractivity contribution in [2.45, 2.75) is 123 Å². The van der Waals surface area contributed by atoms with Crippen LogP contribution in [0.15, 0.2) is 24.3 Å². The van der Waals surface area contributed by atoms with Crippen LogP contribution in [0.4, 0.5) is 4.79 Å². The molecule has 210 valence electrons. The summed E-state index contributed by atoms with van der Waals surface area (Å²) in [5.74, 6) is 2.09. The number of rotatable bonds is 12. The van der Waals surface area contributed by atoms with E-state index in [9.17, 15) is 14.4 Å². The van der Waals surface area contributed by atoms with Gasteiger partial charge < -0.3 is 20.3 Å². The first-order chi connectivity index (χ1) is 18.1. The molecular weight excluding hydrogens is 478 g/mol. The van der Waals surface area contributed by atoms with Gasteiger partial charge in [0.2, 0.25) is 11.8 Å². The maximum absolute atomic E-state index is 13.8. The van der Waals surface area contributed by atoms with Crippen LogP contribution in [0.3, 0.4) is 0 Å². The standard InChI is InChI=1S/C31H47N3O4/c1-7-9-10-11-15-22-34(29(36)23(3)32-30(37)38-31(4,5)6)27(25-20-18-24(8-2)19-21-25)28(35)33-26-16-13-12-14-17-26/h2,18-21,23,26-27H,7,9-17,22H2,1,3-6H3,(H,32,37)(H,33,35). The molecule has 2 unspecified atom stereocenters. The fourth-order valence-electron chi connectivity index (χ4n) is 4.81. The molecule has 2 rings (SSSR count). The van der Waals surface area contributed by atoms with Crippen molar-refractivity contribution in [2.75, 3.05) is 6.54 Å². The zero-order valence-electron chi connectivity index (χ0n) is 24.0. The molecule has 0 aliphatic heterocycles. The van der Waals surface area contributed by atoms with E-state index in [4.69, 9.17) is 11.2 Å². The zero-order valence-corrected chi connectivity index (χ0v) is 24.0. The van der Waals surface area contributed by atoms with E-state index in [0.29, 0.717) is 17.7 Å². The lowest BCUT2D eigenvalue weighted by atomic mass is 9.94. The molecule has 7 nitrogen and oxygen atoms in total. The Morgan fingerprint density at radius 2 is 1.68 bits per heavy atom. The van der Waals surface area contributed by atoms with Gasteiger partial charge in [-0.2, -0.15) is 0 Å². The highest BCUT2D eigenvalue weighted by Gasteiger charge is 2.35. The van der Waals surface area contributed by atoms with E-state index in [2.05, 4.69) is 23.5 Å². The Balaban J connectivity index is 2.35. The average molecular weight is 526 g/mol. The van der Waals surface area contributed by atoms with Crippen LogP contribution in [0.1, 0.15) is 116 Å². The van der Waals surface area contributed by atoms with Crippen molar-refractivity contribution >= 4 is 17.9 Å². The number of nitrogens with one attached hydrogen (secondary N) is 2. The Morgan fingerprint density at radius 1 is 1.05 bits per heavy atom. The second-order valence-corrected chi connectivity index (χ2v) is 11.3. The minimum absolute atomic E-state index is 0.0996. The van der Waals surface area contributed by atoms with Crippen LogP contribution < -0.4 is 10.6 Å². The van der Waals surface area contributed by atoms with Gasteiger partial charge in [-0.3, -0.25) is 9.59 Å². The van der Waals surface area contributed by atoms with E-state index in [1.54, 1.807) is 44.7 Å². The van der Waals surface area contributed by atoms with Gasteiger partial charge >= 0.3 is 6.09 Å². The SMILES string of the molecule is C#Cc1ccc(C(C(=O)NC2CCCCC2)N(CCCCCCC)C(=O)C(C)NC(=O)OC(C)(C)C)cc1. The van der Waals surface area contributed by atoms with Crippen LogP contribution >= 0.6 is 0 Å². The number of terminal acetylenes is 1. The minimum Gasteiger partial charge on any atom is -0.444 e. The van der Waals surface area contributed by atoms with E-state index in [0.717, 1.165) is 57.8 Å². The lowest BCUT2D eigenvalue weighted by molar-refractivity contribution is -0.142. The minimum atomic E-state index is -0.865. The van der Waals surface area contributed by atoms with Crippen LogP contribution in [-0.4, -0.2) is 47.0 Å². The van der Waals surface area contributed by atoms with Gasteiger partial charge in [0.05, 0.1) is 0 Å².